The van der Waals surface area contributed by atoms with E-state index >= 15 is 0 Å². The number of aromatic nitrogens is 3. The summed E-state index contributed by atoms with van der Waals surface area (Å²) >= 11 is 1.51. The van der Waals surface area contributed by atoms with Gasteiger partial charge in [0.1, 0.15) is 16.7 Å². The summed E-state index contributed by atoms with van der Waals surface area (Å²) in [6.07, 6.45) is 3.51. The summed E-state index contributed by atoms with van der Waals surface area (Å²) in [6.45, 7) is 0.922. The number of anilines is 1. The Bertz CT molecular complexity index is 791. The Morgan fingerprint density at radius 2 is 2.05 bits per heavy atom. The van der Waals surface area contributed by atoms with E-state index in [9.17, 15) is 5.11 Å². The van der Waals surface area contributed by atoms with Crippen LogP contribution in [0.5, 0.6) is 0 Å². The molecule has 2 aromatic heterocycles. The van der Waals surface area contributed by atoms with Gasteiger partial charge in [-0.05, 0) is 18.4 Å². The zero-order chi connectivity index (χ0) is 15.0. The van der Waals surface area contributed by atoms with Gasteiger partial charge in [-0.3, -0.25) is 0 Å². The first-order valence-electron chi connectivity index (χ1n) is 7.33. The normalized spacial score (nSPS) is 21.6. The van der Waals surface area contributed by atoms with Gasteiger partial charge < -0.3 is 10.0 Å². The van der Waals surface area contributed by atoms with Crippen molar-refractivity contribution in [2.75, 3.05) is 18.1 Å². The quantitative estimate of drug-likeness (QED) is 0.805. The number of hydrogen-bond acceptors (Lipinski definition) is 6. The molecule has 0 aliphatic carbocycles. The maximum atomic E-state index is 10.2. The first-order chi connectivity index (χ1) is 10.8. The van der Waals surface area contributed by atoms with Crippen LogP contribution in [0.1, 0.15) is 18.4 Å². The molecule has 3 aromatic rings. The maximum absolute atomic E-state index is 10.2. The fraction of sp³-hybridized carbons (Fsp3) is 0.312. The van der Waals surface area contributed by atoms with Gasteiger partial charge in [-0.2, -0.15) is 0 Å². The Labute approximate surface area is 132 Å². The number of rotatable bonds is 3. The molecule has 0 saturated carbocycles. The lowest BCUT2D eigenvalue weighted by molar-refractivity contribution is 0.197. The molecular weight excluding hydrogens is 296 g/mol. The standard InChI is InChI=1S/C16H16N4OS/c21-9-16(12-5-2-1-3-6-12)7-4-8-20(16)14-13-15(18-10-17-14)22-11-19-13/h1-3,5-6,10-11,21H,4,7-9H2. The maximum Gasteiger partial charge on any atom is 0.160 e. The molecule has 5 nitrogen and oxygen atoms in total. The summed E-state index contributed by atoms with van der Waals surface area (Å²) in [6, 6.07) is 10.2. The number of thiazole rings is 1. The van der Waals surface area contributed by atoms with Crippen LogP contribution in [0.3, 0.4) is 0 Å². The van der Waals surface area contributed by atoms with E-state index < -0.39 is 5.54 Å². The highest BCUT2D eigenvalue weighted by atomic mass is 32.1. The molecule has 1 saturated heterocycles. The molecule has 6 heteroatoms. The van der Waals surface area contributed by atoms with Gasteiger partial charge in [0, 0.05) is 6.54 Å². The van der Waals surface area contributed by atoms with Gasteiger partial charge >= 0.3 is 0 Å². The molecule has 1 unspecified atom stereocenters. The van der Waals surface area contributed by atoms with Crippen molar-refractivity contribution in [1.29, 1.82) is 0 Å². The van der Waals surface area contributed by atoms with Gasteiger partial charge in [0.25, 0.3) is 0 Å². The van der Waals surface area contributed by atoms with Crippen LogP contribution in [0.25, 0.3) is 10.3 Å². The zero-order valence-electron chi connectivity index (χ0n) is 12.0. The van der Waals surface area contributed by atoms with Crippen LogP contribution >= 0.6 is 11.3 Å². The van der Waals surface area contributed by atoms with Crippen molar-refractivity contribution in [1.82, 2.24) is 15.0 Å². The van der Waals surface area contributed by atoms with Crippen molar-refractivity contribution in [3.05, 3.63) is 47.7 Å². The Balaban J connectivity index is 1.88. The van der Waals surface area contributed by atoms with Gasteiger partial charge in [-0.15, -0.1) is 11.3 Å². The summed E-state index contributed by atoms with van der Waals surface area (Å²) < 4.78 is 0. The van der Waals surface area contributed by atoms with Crippen LogP contribution in [0.15, 0.2) is 42.2 Å². The van der Waals surface area contributed by atoms with E-state index in [1.807, 2.05) is 18.2 Å². The molecular formula is C16H16N4OS. The van der Waals surface area contributed by atoms with Crippen LogP contribution in [0.4, 0.5) is 5.82 Å². The number of aliphatic hydroxyl groups is 1. The van der Waals surface area contributed by atoms with E-state index in [4.69, 9.17) is 0 Å². The molecule has 0 amide bonds. The van der Waals surface area contributed by atoms with Gasteiger partial charge in [-0.25, -0.2) is 15.0 Å². The van der Waals surface area contributed by atoms with Gasteiger partial charge in [0.15, 0.2) is 5.82 Å². The lowest BCUT2D eigenvalue weighted by Crippen LogP contribution is -2.45. The van der Waals surface area contributed by atoms with Crippen LogP contribution in [0.2, 0.25) is 0 Å². The Morgan fingerprint density at radius 3 is 2.86 bits per heavy atom. The molecule has 0 radical (unpaired) electrons. The molecule has 1 aromatic carbocycles. The van der Waals surface area contributed by atoms with Crippen molar-refractivity contribution in [3.63, 3.8) is 0 Å². The molecule has 0 bridgehead atoms. The lowest BCUT2D eigenvalue weighted by atomic mass is 9.88. The second-order valence-electron chi connectivity index (χ2n) is 5.51. The van der Waals surface area contributed by atoms with Crippen molar-refractivity contribution in [3.8, 4) is 0 Å². The minimum atomic E-state index is -0.424. The fourth-order valence-electron chi connectivity index (χ4n) is 3.37. The second-order valence-corrected chi connectivity index (χ2v) is 6.35. The average Bonchev–Trinajstić information content (AvgIpc) is 3.22. The predicted molar refractivity (Wildman–Crippen MR) is 87.0 cm³/mol. The molecule has 3 heterocycles. The molecule has 22 heavy (non-hydrogen) atoms. The zero-order valence-corrected chi connectivity index (χ0v) is 12.8. The van der Waals surface area contributed by atoms with Crippen LogP contribution < -0.4 is 4.90 Å². The van der Waals surface area contributed by atoms with Crippen molar-refractivity contribution >= 4 is 27.5 Å². The summed E-state index contributed by atoms with van der Waals surface area (Å²) in [5, 5.41) is 10.2. The fourth-order valence-corrected chi connectivity index (χ4v) is 3.99. The van der Waals surface area contributed by atoms with E-state index in [0.717, 1.165) is 41.1 Å². The minimum Gasteiger partial charge on any atom is -0.394 e. The van der Waals surface area contributed by atoms with Gasteiger partial charge in [0.05, 0.1) is 17.7 Å². The first-order valence-corrected chi connectivity index (χ1v) is 8.21. The Hall–Kier alpha value is -2.05. The Morgan fingerprint density at radius 1 is 1.18 bits per heavy atom. The van der Waals surface area contributed by atoms with Crippen molar-refractivity contribution < 1.29 is 5.11 Å². The number of aliphatic hydroxyl groups excluding tert-OH is 1. The molecule has 1 N–H and O–H groups in total. The topological polar surface area (TPSA) is 62.1 Å². The molecule has 0 spiro atoms. The van der Waals surface area contributed by atoms with E-state index in [0.29, 0.717) is 0 Å². The third-order valence-electron chi connectivity index (χ3n) is 4.43. The number of benzene rings is 1. The summed E-state index contributed by atoms with van der Waals surface area (Å²) in [4.78, 5) is 16.3. The van der Waals surface area contributed by atoms with Crippen molar-refractivity contribution in [2.24, 2.45) is 0 Å². The molecule has 112 valence electrons. The first kappa shape index (κ1) is 13.6. The van der Waals surface area contributed by atoms with Gasteiger partial charge in [0.2, 0.25) is 0 Å². The van der Waals surface area contributed by atoms with Crippen LogP contribution in [-0.4, -0.2) is 33.2 Å². The van der Waals surface area contributed by atoms with Crippen LogP contribution in [0, 0.1) is 0 Å². The highest BCUT2D eigenvalue weighted by Gasteiger charge is 2.43. The highest BCUT2D eigenvalue weighted by molar-refractivity contribution is 7.16. The van der Waals surface area contributed by atoms with Crippen molar-refractivity contribution in [2.45, 2.75) is 18.4 Å². The Kier molecular flexibility index (Phi) is 3.28. The summed E-state index contributed by atoms with van der Waals surface area (Å²) in [5.74, 6) is 0.821. The lowest BCUT2D eigenvalue weighted by Gasteiger charge is -2.38. The predicted octanol–water partition coefficient (Wildman–Crippen LogP) is 2.57. The molecule has 1 aliphatic heterocycles. The third-order valence-corrected chi connectivity index (χ3v) is 5.17. The average molecular weight is 312 g/mol. The monoisotopic (exact) mass is 312 g/mol. The van der Waals surface area contributed by atoms with Crippen LogP contribution in [-0.2, 0) is 5.54 Å². The largest absolute Gasteiger partial charge is 0.394 e. The molecule has 4 rings (SSSR count). The summed E-state index contributed by atoms with van der Waals surface area (Å²) in [7, 11) is 0. The summed E-state index contributed by atoms with van der Waals surface area (Å²) in [5.41, 5.74) is 3.31. The van der Waals surface area contributed by atoms with E-state index in [1.165, 1.54) is 11.3 Å². The number of hydrogen-bond donors (Lipinski definition) is 1. The number of nitrogens with zero attached hydrogens (tertiary/aromatic N) is 4. The minimum absolute atomic E-state index is 0.0621. The van der Waals surface area contributed by atoms with E-state index in [1.54, 1.807) is 11.8 Å². The van der Waals surface area contributed by atoms with E-state index in [2.05, 4.69) is 32.0 Å². The van der Waals surface area contributed by atoms with E-state index in [-0.39, 0.29) is 6.61 Å². The molecule has 1 fully saturated rings. The highest BCUT2D eigenvalue weighted by Crippen LogP contribution is 2.42. The third kappa shape index (κ3) is 1.91. The molecule has 1 aliphatic rings. The second kappa shape index (κ2) is 5.30. The number of fused-ring (bicyclic) bond motifs is 1. The smallest absolute Gasteiger partial charge is 0.160 e. The molecule has 1 atom stereocenters. The SMILES string of the molecule is OCC1(c2ccccc2)CCCN1c1ncnc2scnc12. The van der Waals surface area contributed by atoms with Gasteiger partial charge in [-0.1, -0.05) is 30.3 Å².